The zero-order valence-electron chi connectivity index (χ0n) is 10.7. The zero-order valence-corrected chi connectivity index (χ0v) is 12.3. The molecule has 1 aromatic rings. The van der Waals surface area contributed by atoms with Crippen LogP contribution in [-0.2, 0) is 4.74 Å². The first-order valence-electron chi connectivity index (χ1n) is 6.81. The van der Waals surface area contributed by atoms with E-state index in [0.29, 0.717) is 13.2 Å². The fraction of sp³-hybridized carbons (Fsp3) is 0.600. The van der Waals surface area contributed by atoms with Crippen LogP contribution in [0, 0.1) is 5.92 Å². The number of ether oxygens (including phenoxy) is 2. The molecule has 0 amide bonds. The fourth-order valence-corrected chi connectivity index (χ4v) is 2.62. The van der Waals surface area contributed by atoms with Crippen LogP contribution < -0.4 is 4.74 Å². The SMILES string of the molecule is Brc1ccc(OCCOCC2CCCCC2)cc1. The smallest absolute Gasteiger partial charge is 0.119 e. The Labute approximate surface area is 118 Å². The Bertz CT molecular complexity index is 331. The summed E-state index contributed by atoms with van der Waals surface area (Å²) in [4.78, 5) is 0. The van der Waals surface area contributed by atoms with Crippen molar-refractivity contribution in [2.24, 2.45) is 5.92 Å². The highest BCUT2D eigenvalue weighted by Gasteiger charge is 2.12. The molecule has 0 bridgehead atoms. The number of halogens is 1. The molecule has 0 heterocycles. The largest absolute Gasteiger partial charge is 0.491 e. The van der Waals surface area contributed by atoms with E-state index in [4.69, 9.17) is 9.47 Å². The van der Waals surface area contributed by atoms with Gasteiger partial charge in [0, 0.05) is 11.1 Å². The lowest BCUT2D eigenvalue weighted by molar-refractivity contribution is 0.0635. The molecule has 3 heteroatoms. The van der Waals surface area contributed by atoms with Gasteiger partial charge in [-0.15, -0.1) is 0 Å². The zero-order chi connectivity index (χ0) is 12.6. The van der Waals surface area contributed by atoms with Gasteiger partial charge in [0.25, 0.3) is 0 Å². The third kappa shape index (κ3) is 4.99. The lowest BCUT2D eigenvalue weighted by atomic mass is 9.90. The van der Waals surface area contributed by atoms with Crippen LogP contribution in [0.5, 0.6) is 5.75 Å². The molecule has 1 aliphatic carbocycles. The van der Waals surface area contributed by atoms with Crippen molar-refractivity contribution in [3.63, 3.8) is 0 Å². The third-order valence-electron chi connectivity index (χ3n) is 3.39. The van der Waals surface area contributed by atoms with Crippen LogP contribution in [0.25, 0.3) is 0 Å². The molecular weight excluding hydrogens is 292 g/mol. The minimum absolute atomic E-state index is 0.633. The summed E-state index contributed by atoms with van der Waals surface area (Å²) in [5, 5.41) is 0. The summed E-state index contributed by atoms with van der Waals surface area (Å²) < 4.78 is 12.4. The molecule has 18 heavy (non-hydrogen) atoms. The van der Waals surface area contributed by atoms with Gasteiger partial charge in [0.2, 0.25) is 0 Å². The van der Waals surface area contributed by atoms with Crippen molar-refractivity contribution < 1.29 is 9.47 Å². The molecular formula is C15H21BrO2. The van der Waals surface area contributed by atoms with Crippen LogP contribution in [0.1, 0.15) is 32.1 Å². The van der Waals surface area contributed by atoms with Crippen molar-refractivity contribution in [3.05, 3.63) is 28.7 Å². The van der Waals surface area contributed by atoms with E-state index in [-0.39, 0.29) is 0 Å². The molecule has 0 spiro atoms. The maximum atomic E-state index is 5.68. The Hall–Kier alpha value is -0.540. The van der Waals surface area contributed by atoms with E-state index in [1.165, 1.54) is 32.1 Å². The van der Waals surface area contributed by atoms with Gasteiger partial charge in [-0.05, 0) is 43.0 Å². The molecule has 0 N–H and O–H groups in total. The van der Waals surface area contributed by atoms with Crippen molar-refractivity contribution >= 4 is 15.9 Å². The van der Waals surface area contributed by atoms with E-state index in [9.17, 15) is 0 Å². The number of benzene rings is 1. The van der Waals surface area contributed by atoms with Gasteiger partial charge in [-0.1, -0.05) is 35.2 Å². The maximum absolute atomic E-state index is 5.68. The lowest BCUT2D eigenvalue weighted by Gasteiger charge is -2.21. The fourth-order valence-electron chi connectivity index (χ4n) is 2.35. The monoisotopic (exact) mass is 312 g/mol. The van der Waals surface area contributed by atoms with E-state index in [0.717, 1.165) is 22.7 Å². The summed E-state index contributed by atoms with van der Waals surface area (Å²) in [5.74, 6) is 1.69. The van der Waals surface area contributed by atoms with Gasteiger partial charge in [-0.2, -0.15) is 0 Å². The Balaban J connectivity index is 1.54. The van der Waals surface area contributed by atoms with E-state index >= 15 is 0 Å². The van der Waals surface area contributed by atoms with Crippen molar-refractivity contribution in [1.29, 1.82) is 0 Å². The van der Waals surface area contributed by atoms with Gasteiger partial charge < -0.3 is 9.47 Å². The molecule has 2 nitrogen and oxygen atoms in total. The van der Waals surface area contributed by atoms with Crippen molar-refractivity contribution in [2.45, 2.75) is 32.1 Å². The molecule has 1 aliphatic rings. The van der Waals surface area contributed by atoms with Crippen molar-refractivity contribution in [1.82, 2.24) is 0 Å². The normalized spacial score (nSPS) is 16.7. The van der Waals surface area contributed by atoms with E-state index in [1.807, 2.05) is 24.3 Å². The van der Waals surface area contributed by atoms with Gasteiger partial charge in [0.1, 0.15) is 12.4 Å². The lowest BCUT2D eigenvalue weighted by Crippen LogP contribution is -2.16. The first-order valence-corrected chi connectivity index (χ1v) is 7.60. The summed E-state index contributed by atoms with van der Waals surface area (Å²) in [7, 11) is 0. The number of rotatable bonds is 6. The summed E-state index contributed by atoms with van der Waals surface area (Å²) in [6.07, 6.45) is 6.84. The summed E-state index contributed by atoms with van der Waals surface area (Å²) in [6, 6.07) is 7.90. The van der Waals surface area contributed by atoms with E-state index in [2.05, 4.69) is 15.9 Å². The van der Waals surface area contributed by atoms with Crippen LogP contribution in [0.15, 0.2) is 28.7 Å². The van der Waals surface area contributed by atoms with Crippen LogP contribution in [0.3, 0.4) is 0 Å². The van der Waals surface area contributed by atoms with Gasteiger partial charge in [-0.3, -0.25) is 0 Å². The van der Waals surface area contributed by atoms with Crippen molar-refractivity contribution in [3.8, 4) is 5.75 Å². The number of hydrogen-bond donors (Lipinski definition) is 0. The van der Waals surface area contributed by atoms with Crippen LogP contribution >= 0.6 is 15.9 Å². The maximum Gasteiger partial charge on any atom is 0.119 e. The summed E-state index contributed by atoms with van der Waals surface area (Å²) in [6.45, 7) is 2.23. The standard InChI is InChI=1S/C15H21BrO2/c16-14-6-8-15(9-7-14)18-11-10-17-12-13-4-2-1-3-5-13/h6-9,13H,1-5,10-12H2. The molecule has 1 saturated carbocycles. The minimum Gasteiger partial charge on any atom is -0.491 e. The molecule has 100 valence electrons. The second-order valence-electron chi connectivity index (χ2n) is 4.88. The molecule has 0 unspecified atom stereocenters. The highest BCUT2D eigenvalue weighted by atomic mass is 79.9. The molecule has 0 saturated heterocycles. The molecule has 1 fully saturated rings. The molecule has 0 radical (unpaired) electrons. The average Bonchev–Trinajstić information content (AvgIpc) is 2.42. The molecule has 0 aliphatic heterocycles. The van der Waals surface area contributed by atoms with Gasteiger partial charge in [0.05, 0.1) is 6.61 Å². The van der Waals surface area contributed by atoms with Gasteiger partial charge >= 0.3 is 0 Å². The Morgan fingerprint density at radius 1 is 1.00 bits per heavy atom. The Morgan fingerprint density at radius 3 is 2.44 bits per heavy atom. The van der Waals surface area contributed by atoms with Gasteiger partial charge in [0.15, 0.2) is 0 Å². The van der Waals surface area contributed by atoms with Crippen LogP contribution in [-0.4, -0.2) is 19.8 Å². The van der Waals surface area contributed by atoms with E-state index < -0.39 is 0 Å². The first-order chi connectivity index (χ1) is 8.84. The van der Waals surface area contributed by atoms with Crippen molar-refractivity contribution in [2.75, 3.05) is 19.8 Å². The second-order valence-corrected chi connectivity index (χ2v) is 5.80. The van der Waals surface area contributed by atoms with Crippen LogP contribution in [0.2, 0.25) is 0 Å². The first kappa shape index (κ1) is 13.9. The predicted molar refractivity (Wildman–Crippen MR) is 77.0 cm³/mol. The highest BCUT2D eigenvalue weighted by molar-refractivity contribution is 9.10. The molecule has 1 aromatic carbocycles. The molecule has 0 atom stereocenters. The molecule has 2 rings (SSSR count). The third-order valence-corrected chi connectivity index (χ3v) is 3.92. The number of hydrogen-bond acceptors (Lipinski definition) is 2. The predicted octanol–water partition coefficient (Wildman–Crippen LogP) is 4.42. The Morgan fingerprint density at radius 2 is 1.72 bits per heavy atom. The highest BCUT2D eigenvalue weighted by Crippen LogP contribution is 2.23. The van der Waals surface area contributed by atoms with Crippen LogP contribution in [0.4, 0.5) is 0 Å². The van der Waals surface area contributed by atoms with E-state index in [1.54, 1.807) is 0 Å². The Kier molecular flexibility index (Phi) is 6.01. The average molecular weight is 313 g/mol. The summed E-state index contributed by atoms with van der Waals surface area (Å²) in [5.41, 5.74) is 0. The minimum atomic E-state index is 0.633. The molecule has 0 aromatic heterocycles. The topological polar surface area (TPSA) is 18.5 Å². The quantitative estimate of drug-likeness (QED) is 0.724. The summed E-state index contributed by atoms with van der Waals surface area (Å²) >= 11 is 3.40. The second kappa shape index (κ2) is 7.80. The van der Waals surface area contributed by atoms with Gasteiger partial charge in [-0.25, -0.2) is 0 Å².